The van der Waals surface area contributed by atoms with Crippen molar-refractivity contribution in [3.8, 4) is 0 Å². The summed E-state index contributed by atoms with van der Waals surface area (Å²) in [4.78, 5) is 25.6. The number of carbonyl (C=O) groups excluding carboxylic acids is 1. The molecule has 0 aromatic rings. The van der Waals surface area contributed by atoms with Gasteiger partial charge in [-0.15, -0.1) is 0 Å². The molecule has 4 unspecified atom stereocenters. The van der Waals surface area contributed by atoms with Crippen LogP contribution in [0.5, 0.6) is 0 Å². The average molecular weight is 268 g/mol. The number of carboxylic acids is 1. The van der Waals surface area contributed by atoms with Crippen LogP contribution in [0.15, 0.2) is 0 Å². The van der Waals surface area contributed by atoms with E-state index in [1.54, 1.807) is 0 Å². The van der Waals surface area contributed by atoms with Gasteiger partial charge in [-0.2, -0.15) is 0 Å². The Morgan fingerprint density at radius 1 is 1.32 bits per heavy atom. The van der Waals surface area contributed by atoms with Gasteiger partial charge in [-0.3, -0.25) is 9.59 Å². The summed E-state index contributed by atoms with van der Waals surface area (Å²) >= 11 is 0. The van der Waals surface area contributed by atoms with Gasteiger partial charge in [0, 0.05) is 18.6 Å². The fraction of sp³-hybridized carbons (Fsp3) is 0.857. The van der Waals surface area contributed by atoms with Crippen LogP contribution in [0.2, 0.25) is 0 Å². The molecule has 1 heterocycles. The summed E-state index contributed by atoms with van der Waals surface area (Å²) in [7, 11) is 2.09. The zero-order chi connectivity index (χ0) is 14.4. The summed E-state index contributed by atoms with van der Waals surface area (Å²) in [6.45, 7) is 6.84. The second-order valence-electron chi connectivity index (χ2n) is 6.67. The first kappa shape index (κ1) is 14.3. The van der Waals surface area contributed by atoms with Gasteiger partial charge in [0.25, 0.3) is 0 Å². The maximum atomic E-state index is 12.2. The number of aliphatic carboxylic acids is 1. The summed E-state index contributed by atoms with van der Waals surface area (Å²) < 4.78 is 0. The van der Waals surface area contributed by atoms with Gasteiger partial charge in [-0.05, 0) is 32.2 Å². The molecule has 1 aliphatic carbocycles. The van der Waals surface area contributed by atoms with Crippen molar-refractivity contribution in [2.45, 2.75) is 45.7 Å². The molecule has 0 bridgehead atoms. The highest BCUT2D eigenvalue weighted by Gasteiger charge is 2.66. The molecule has 1 amide bonds. The fourth-order valence-electron chi connectivity index (χ4n) is 3.30. The van der Waals surface area contributed by atoms with Crippen LogP contribution in [-0.2, 0) is 9.59 Å². The summed E-state index contributed by atoms with van der Waals surface area (Å²) in [5.74, 6) is -1.85. The Kier molecular flexibility index (Phi) is 3.60. The van der Waals surface area contributed by atoms with Crippen LogP contribution in [0, 0.1) is 17.3 Å². The highest BCUT2D eigenvalue weighted by Crippen LogP contribution is 2.58. The molecule has 2 rings (SSSR count). The molecule has 0 aromatic heterocycles. The van der Waals surface area contributed by atoms with E-state index in [0.717, 1.165) is 19.4 Å². The molecule has 1 saturated heterocycles. The lowest BCUT2D eigenvalue weighted by Gasteiger charge is -2.35. The number of piperidine rings is 1. The van der Waals surface area contributed by atoms with Crippen LogP contribution < -0.4 is 5.32 Å². The molecular weight excluding hydrogens is 244 g/mol. The molecule has 0 spiro atoms. The maximum absolute atomic E-state index is 12.2. The van der Waals surface area contributed by atoms with Crippen molar-refractivity contribution in [1.29, 1.82) is 0 Å². The molecule has 0 aromatic carbocycles. The molecule has 0 radical (unpaired) electrons. The number of carbonyl (C=O) groups is 2. The first-order valence-electron chi connectivity index (χ1n) is 6.98. The van der Waals surface area contributed by atoms with E-state index in [1.807, 2.05) is 13.8 Å². The van der Waals surface area contributed by atoms with Gasteiger partial charge in [0.2, 0.25) is 5.91 Å². The zero-order valence-electron chi connectivity index (χ0n) is 12.1. The zero-order valence-corrected chi connectivity index (χ0v) is 12.1. The quantitative estimate of drug-likeness (QED) is 0.799. The van der Waals surface area contributed by atoms with Crippen LogP contribution >= 0.6 is 0 Å². The topological polar surface area (TPSA) is 69.6 Å². The monoisotopic (exact) mass is 268 g/mol. The van der Waals surface area contributed by atoms with Crippen LogP contribution in [0.3, 0.4) is 0 Å². The number of rotatable bonds is 3. The number of amides is 1. The Morgan fingerprint density at radius 2 is 1.95 bits per heavy atom. The predicted molar refractivity (Wildman–Crippen MR) is 71.7 cm³/mol. The van der Waals surface area contributed by atoms with Crippen LogP contribution in [0.25, 0.3) is 0 Å². The minimum absolute atomic E-state index is 0.0841. The molecule has 1 aliphatic heterocycles. The summed E-state index contributed by atoms with van der Waals surface area (Å²) in [5.41, 5.74) is -0.410. The SMILES string of the molecule is CC1CC(NC(=O)C2C(C(=O)O)C2(C)C)CCN1C. The van der Waals surface area contributed by atoms with Gasteiger partial charge in [0.1, 0.15) is 0 Å². The third kappa shape index (κ3) is 2.61. The van der Waals surface area contributed by atoms with Crippen molar-refractivity contribution < 1.29 is 14.7 Å². The van der Waals surface area contributed by atoms with Crippen LogP contribution in [-0.4, -0.2) is 47.6 Å². The molecule has 2 fully saturated rings. The van der Waals surface area contributed by atoms with Gasteiger partial charge >= 0.3 is 5.97 Å². The summed E-state index contributed by atoms with van der Waals surface area (Å²) in [6, 6.07) is 0.645. The van der Waals surface area contributed by atoms with Crippen molar-refractivity contribution >= 4 is 11.9 Å². The standard InChI is InChI=1S/C14H24N2O3/c1-8-7-9(5-6-16(8)4)15-12(17)10-11(13(18)19)14(10,2)3/h8-11H,5-7H2,1-4H3,(H,15,17)(H,18,19). The number of hydrogen-bond donors (Lipinski definition) is 2. The van der Waals surface area contributed by atoms with E-state index < -0.39 is 17.3 Å². The average Bonchev–Trinajstić information content (AvgIpc) is 2.87. The molecule has 1 saturated carbocycles. The van der Waals surface area contributed by atoms with Gasteiger partial charge in [-0.1, -0.05) is 13.8 Å². The van der Waals surface area contributed by atoms with Crippen molar-refractivity contribution in [1.82, 2.24) is 10.2 Å². The molecular formula is C14H24N2O3. The normalized spacial score (nSPS) is 37.7. The van der Waals surface area contributed by atoms with Crippen molar-refractivity contribution in [3.63, 3.8) is 0 Å². The van der Waals surface area contributed by atoms with E-state index in [0.29, 0.717) is 6.04 Å². The van der Waals surface area contributed by atoms with E-state index in [2.05, 4.69) is 24.2 Å². The van der Waals surface area contributed by atoms with Crippen molar-refractivity contribution in [3.05, 3.63) is 0 Å². The second kappa shape index (κ2) is 4.78. The molecule has 108 valence electrons. The minimum atomic E-state index is -0.859. The summed E-state index contributed by atoms with van der Waals surface area (Å²) in [6.07, 6.45) is 1.88. The Morgan fingerprint density at radius 3 is 2.42 bits per heavy atom. The van der Waals surface area contributed by atoms with Crippen molar-refractivity contribution in [2.24, 2.45) is 17.3 Å². The van der Waals surface area contributed by atoms with E-state index in [-0.39, 0.29) is 17.9 Å². The Balaban J connectivity index is 1.91. The van der Waals surface area contributed by atoms with Crippen LogP contribution in [0.4, 0.5) is 0 Å². The third-order valence-corrected chi connectivity index (χ3v) is 4.93. The van der Waals surface area contributed by atoms with Gasteiger partial charge < -0.3 is 15.3 Å². The molecule has 2 aliphatic rings. The molecule has 19 heavy (non-hydrogen) atoms. The maximum Gasteiger partial charge on any atom is 0.307 e. The minimum Gasteiger partial charge on any atom is -0.481 e. The van der Waals surface area contributed by atoms with E-state index >= 15 is 0 Å². The Hall–Kier alpha value is -1.10. The highest BCUT2D eigenvalue weighted by atomic mass is 16.4. The largest absolute Gasteiger partial charge is 0.481 e. The highest BCUT2D eigenvalue weighted by molar-refractivity contribution is 5.91. The fourth-order valence-corrected chi connectivity index (χ4v) is 3.30. The van der Waals surface area contributed by atoms with E-state index in [4.69, 9.17) is 5.11 Å². The second-order valence-corrected chi connectivity index (χ2v) is 6.67. The lowest BCUT2D eigenvalue weighted by molar-refractivity contribution is -0.140. The molecule has 4 atom stereocenters. The third-order valence-electron chi connectivity index (χ3n) is 4.93. The number of carboxylic acid groups (broad SMARTS) is 1. The smallest absolute Gasteiger partial charge is 0.307 e. The van der Waals surface area contributed by atoms with Gasteiger partial charge in [0.05, 0.1) is 11.8 Å². The van der Waals surface area contributed by atoms with E-state index in [1.165, 1.54) is 0 Å². The molecule has 5 nitrogen and oxygen atoms in total. The Bertz CT molecular complexity index is 394. The predicted octanol–water partition coefficient (Wildman–Crippen LogP) is 0.942. The number of likely N-dealkylation sites (tertiary alicyclic amines) is 1. The lowest BCUT2D eigenvalue weighted by atomic mass is 9.98. The van der Waals surface area contributed by atoms with Crippen LogP contribution in [0.1, 0.15) is 33.6 Å². The van der Waals surface area contributed by atoms with Gasteiger partial charge in [-0.25, -0.2) is 0 Å². The lowest BCUT2D eigenvalue weighted by Crippen LogP contribution is -2.48. The molecule has 5 heteroatoms. The molecule has 2 N–H and O–H groups in total. The first-order chi connectivity index (χ1) is 8.75. The first-order valence-corrected chi connectivity index (χ1v) is 6.98. The number of nitrogens with zero attached hydrogens (tertiary/aromatic N) is 1. The van der Waals surface area contributed by atoms with Crippen molar-refractivity contribution in [2.75, 3.05) is 13.6 Å². The summed E-state index contributed by atoms with van der Waals surface area (Å²) in [5, 5.41) is 12.1. The number of nitrogens with one attached hydrogen (secondary N) is 1. The van der Waals surface area contributed by atoms with Gasteiger partial charge in [0.15, 0.2) is 0 Å². The number of hydrogen-bond acceptors (Lipinski definition) is 3. The Labute approximate surface area is 114 Å². The van der Waals surface area contributed by atoms with E-state index in [9.17, 15) is 9.59 Å².